The van der Waals surface area contributed by atoms with E-state index in [0.29, 0.717) is 42.8 Å². The highest BCUT2D eigenvalue weighted by Gasteiger charge is 2.23. The van der Waals surface area contributed by atoms with E-state index in [1.165, 1.54) is 0 Å². The molecule has 0 atom stereocenters. The van der Waals surface area contributed by atoms with E-state index in [1.807, 2.05) is 36.9 Å². The largest absolute Gasteiger partial charge is 0.493 e. The Bertz CT molecular complexity index is 893. The normalized spacial score (nSPS) is 14.3. The van der Waals surface area contributed by atoms with E-state index in [0.717, 1.165) is 30.0 Å². The molecule has 31 heavy (non-hydrogen) atoms. The van der Waals surface area contributed by atoms with Gasteiger partial charge in [0.1, 0.15) is 0 Å². The number of amides is 1. The lowest BCUT2D eigenvalue weighted by Crippen LogP contribution is -2.49. The van der Waals surface area contributed by atoms with Crippen molar-refractivity contribution in [3.8, 4) is 17.2 Å². The summed E-state index contributed by atoms with van der Waals surface area (Å²) < 4.78 is 16.4. The Kier molecular flexibility index (Phi) is 7.51. The van der Waals surface area contributed by atoms with Crippen molar-refractivity contribution >= 4 is 11.9 Å². The maximum Gasteiger partial charge on any atom is 0.242 e. The van der Waals surface area contributed by atoms with Crippen molar-refractivity contribution in [3.05, 3.63) is 35.2 Å². The molecule has 1 aromatic carbocycles. The number of methoxy groups -OCH3 is 3. The Balaban J connectivity index is 1.54. The highest BCUT2D eigenvalue weighted by Crippen LogP contribution is 2.40. The zero-order chi connectivity index (χ0) is 22.4. The van der Waals surface area contributed by atoms with Crippen molar-refractivity contribution in [2.45, 2.75) is 20.4 Å². The van der Waals surface area contributed by atoms with Crippen LogP contribution in [-0.2, 0) is 11.3 Å². The Morgan fingerprint density at radius 2 is 1.61 bits per heavy atom. The first-order valence-corrected chi connectivity index (χ1v) is 10.3. The lowest BCUT2D eigenvalue weighted by Gasteiger charge is -2.35. The minimum Gasteiger partial charge on any atom is -0.493 e. The van der Waals surface area contributed by atoms with Gasteiger partial charge in [0.25, 0.3) is 0 Å². The average Bonchev–Trinajstić information content (AvgIpc) is 2.76. The second-order valence-corrected chi connectivity index (χ2v) is 7.48. The van der Waals surface area contributed by atoms with Gasteiger partial charge in [-0.3, -0.25) is 9.69 Å². The molecule has 0 radical (unpaired) electrons. The van der Waals surface area contributed by atoms with Crippen molar-refractivity contribution in [1.82, 2.24) is 19.8 Å². The molecule has 0 unspecified atom stereocenters. The fraction of sp³-hybridized carbons (Fsp3) is 0.500. The highest BCUT2D eigenvalue weighted by atomic mass is 16.5. The monoisotopic (exact) mass is 429 g/mol. The molecule has 0 aliphatic carbocycles. The van der Waals surface area contributed by atoms with Crippen LogP contribution in [0.3, 0.4) is 0 Å². The quantitative estimate of drug-likeness (QED) is 0.680. The summed E-state index contributed by atoms with van der Waals surface area (Å²) in [6.07, 6.45) is 0. The van der Waals surface area contributed by atoms with E-state index in [4.69, 9.17) is 14.2 Å². The number of piperazine rings is 1. The van der Waals surface area contributed by atoms with Crippen molar-refractivity contribution < 1.29 is 19.0 Å². The van der Waals surface area contributed by atoms with Crippen LogP contribution < -0.4 is 19.5 Å². The van der Waals surface area contributed by atoms with Crippen LogP contribution in [0, 0.1) is 13.8 Å². The van der Waals surface area contributed by atoms with E-state index in [9.17, 15) is 4.79 Å². The SMILES string of the molecule is COc1ccc(CN2CCN(C(=O)CNc3nc(C)cc(C)n3)CC2)c(OC)c1OC. The second-order valence-electron chi connectivity index (χ2n) is 7.48. The van der Waals surface area contributed by atoms with Gasteiger partial charge in [-0.05, 0) is 26.0 Å². The molecule has 168 valence electrons. The molecule has 1 saturated heterocycles. The summed E-state index contributed by atoms with van der Waals surface area (Å²) in [6, 6.07) is 5.78. The minimum absolute atomic E-state index is 0.0473. The van der Waals surface area contributed by atoms with Gasteiger partial charge in [0.05, 0.1) is 27.9 Å². The van der Waals surface area contributed by atoms with Gasteiger partial charge >= 0.3 is 0 Å². The second kappa shape index (κ2) is 10.3. The van der Waals surface area contributed by atoms with Gasteiger partial charge in [0, 0.05) is 49.7 Å². The number of benzene rings is 1. The lowest BCUT2D eigenvalue weighted by molar-refractivity contribution is -0.131. The van der Waals surface area contributed by atoms with Gasteiger partial charge in [-0.2, -0.15) is 0 Å². The number of aromatic nitrogens is 2. The van der Waals surface area contributed by atoms with Crippen molar-refractivity contribution in [2.24, 2.45) is 0 Å². The fourth-order valence-electron chi connectivity index (χ4n) is 3.76. The highest BCUT2D eigenvalue weighted by molar-refractivity contribution is 5.80. The van der Waals surface area contributed by atoms with Crippen molar-refractivity contribution in [3.63, 3.8) is 0 Å². The molecule has 9 heteroatoms. The number of anilines is 1. The van der Waals surface area contributed by atoms with Crippen LogP contribution in [0.1, 0.15) is 17.0 Å². The fourth-order valence-corrected chi connectivity index (χ4v) is 3.76. The number of nitrogens with zero attached hydrogens (tertiary/aromatic N) is 4. The zero-order valence-corrected chi connectivity index (χ0v) is 18.9. The van der Waals surface area contributed by atoms with Gasteiger partial charge in [0.15, 0.2) is 11.5 Å². The Hall–Kier alpha value is -3.07. The molecule has 0 spiro atoms. The van der Waals surface area contributed by atoms with Crippen LogP contribution in [0.2, 0.25) is 0 Å². The molecule has 1 aliphatic rings. The first-order valence-electron chi connectivity index (χ1n) is 10.3. The predicted octanol–water partition coefficient (Wildman–Crippen LogP) is 1.88. The summed E-state index contributed by atoms with van der Waals surface area (Å²) in [7, 11) is 4.84. The van der Waals surface area contributed by atoms with Crippen LogP contribution in [-0.4, -0.2) is 79.7 Å². The van der Waals surface area contributed by atoms with Crippen LogP contribution >= 0.6 is 0 Å². The van der Waals surface area contributed by atoms with Crippen LogP contribution in [0.5, 0.6) is 17.2 Å². The van der Waals surface area contributed by atoms with Gasteiger partial charge < -0.3 is 24.4 Å². The Morgan fingerprint density at radius 3 is 2.19 bits per heavy atom. The van der Waals surface area contributed by atoms with E-state index in [1.54, 1.807) is 21.3 Å². The summed E-state index contributed by atoms with van der Waals surface area (Å²) in [6.45, 7) is 7.62. The minimum atomic E-state index is 0.0473. The summed E-state index contributed by atoms with van der Waals surface area (Å²) in [5.41, 5.74) is 2.77. The molecule has 1 amide bonds. The molecule has 0 saturated carbocycles. The smallest absolute Gasteiger partial charge is 0.242 e. The molecule has 1 fully saturated rings. The van der Waals surface area contributed by atoms with Gasteiger partial charge in [-0.25, -0.2) is 9.97 Å². The lowest BCUT2D eigenvalue weighted by atomic mass is 10.1. The Labute approximate surface area is 183 Å². The molecule has 1 aliphatic heterocycles. The predicted molar refractivity (Wildman–Crippen MR) is 118 cm³/mol. The molecule has 1 N–H and O–H groups in total. The molecule has 2 aromatic rings. The standard InChI is InChI=1S/C22H31N5O4/c1-15-12-16(2)25-22(24-15)23-13-19(28)27-10-8-26(9-11-27)14-17-6-7-18(29-3)21(31-5)20(17)30-4/h6-7,12H,8-11,13-14H2,1-5H3,(H,23,24,25). The van der Waals surface area contributed by atoms with E-state index >= 15 is 0 Å². The summed E-state index contributed by atoms with van der Waals surface area (Å²) in [5, 5.41) is 3.04. The topological polar surface area (TPSA) is 89.1 Å². The van der Waals surface area contributed by atoms with Crippen molar-refractivity contribution in [2.75, 3.05) is 59.4 Å². The Morgan fingerprint density at radius 1 is 0.968 bits per heavy atom. The first-order chi connectivity index (χ1) is 14.9. The number of ether oxygens (including phenoxy) is 3. The number of hydrogen-bond acceptors (Lipinski definition) is 8. The third kappa shape index (κ3) is 5.55. The first kappa shape index (κ1) is 22.6. The van der Waals surface area contributed by atoms with Crippen LogP contribution in [0.4, 0.5) is 5.95 Å². The third-order valence-corrected chi connectivity index (χ3v) is 5.28. The van der Waals surface area contributed by atoms with E-state index < -0.39 is 0 Å². The number of rotatable bonds is 8. The van der Waals surface area contributed by atoms with Gasteiger partial charge in [-0.15, -0.1) is 0 Å². The zero-order valence-electron chi connectivity index (χ0n) is 18.9. The van der Waals surface area contributed by atoms with Gasteiger partial charge in [0.2, 0.25) is 17.6 Å². The number of hydrogen-bond donors (Lipinski definition) is 1. The van der Waals surface area contributed by atoms with Crippen LogP contribution in [0.15, 0.2) is 18.2 Å². The number of carbonyl (C=O) groups excluding carboxylic acids is 1. The molecule has 2 heterocycles. The molecular weight excluding hydrogens is 398 g/mol. The molecule has 3 rings (SSSR count). The summed E-state index contributed by atoms with van der Waals surface area (Å²) in [4.78, 5) is 25.4. The number of carbonyl (C=O) groups is 1. The molecule has 0 bridgehead atoms. The summed E-state index contributed by atoms with van der Waals surface area (Å²) in [5.74, 6) is 2.45. The number of aryl methyl sites for hydroxylation is 2. The maximum absolute atomic E-state index is 12.6. The van der Waals surface area contributed by atoms with E-state index in [2.05, 4.69) is 20.2 Å². The van der Waals surface area contributed by atoms with Crippen molar-refractivity contribution in [1.29, 1.82) is 0 Å². The number of nitrogens with one attached hydrogen (secondary N) is 1. The van der Waals surface area contributed by atoms with E-state index in [-0.39, 0.29) is 12.5 Å². The third-order valence-electron chi connectivity index (χ3n) is 5.28. The average molecular weight is 430 g/mol. The van der Waals surface area contributed by atoms with Crippen LogP contribution in [0.25, 0.3) is 0 Å². The van der Waals surface area contributed by atoms with Gasteiger partial charge in [-0.1, -0.05) is 6.07 Å². The summed E-state index contributed by atoms with van der Waals surface area (Å²) >= 11 is 0. The maximum atomic E-state index is 12.6. The molecular formula is C22H31N5O4. The molecule has 9 nitrogen and oxygen atoms in total. The molecule has 1 aromatic heterocycles.